The first kappa shape index (κ1) is 14.6. The van der Waals surface area contributed by atoms with Crippen molar-refractivity contribution in [1.82, 2.24) is 15.6 Å². The largest absolute Gasteiger partial charge is 0.376 e. The SMILES string of the molecule is C[C@@H](NC(=O)NCCNc1ccccn1)[C@H]1CCCO1. The Labute approximate surface area is 119 Å². The van der Waals surface area contributed by atoms with E-state index >= 15 is 0 Å². The van der Waals surface area contributed by atoms with Gasteiger partial charge in [-0.25, -0.2) is 9.78 Å². The van der Waals surface area contributed by atoms with Gasteiger partial charge in [-0.05, 0) is 31.9 Å². The predicted molar refractivity (Wildman–Crippen MR) is 77.7 cm³/mol. The van der Waals surface area contributed by atoms with Crippen LogP contribution in [0, 0.1) is 0 Å². The molecule has 6 heteroatoms. The minimum Gasteiger partial charge on any atom is -0.376 e. The van der Waals surface area contributed by atoms with Gasteiger partial charge in [0.15, 0.2) is 0 Å². The molecule has 3 N–H and O–H groups in total. The van der Waals surface area contributed by atoms with Crippen LogP contribution in [0.5, 0.6) is 0 Å². The molecule has 1 aromatic heterocycles. The fourth-order valence-corrected chi connectivity index (χ4v) is 2.18. The van der Waals surface area contributed by atoms with Gasteiger partial charge in [-0.2, -0.15) is 0 Å². The van der Waals surface area contributed by atoms with Gasteiger partial charge < -0.3 is 20.7 Å². The Kier molecular flexibility index (Phi) is 5.61. The van der Waals surface area contributed by atoms with Gasteiger partial charge in [-0.1, -0.05) is 6.07 Å². The number of amides is 2. The average Bonchev–Trinajstić information content (AvgIpc) is 2.99. The summed E-state index contributed by atoms with van der Waals surface area (Å²) in [6, 6.07) is 5.55. The first-order valence-electron chi connectivity index (χ1n) is 7.06. The molecule has 2 atom stereocenters. The predicted octanol–water partition coefficient (Wildman–Crippen LogP) is 1.36. The van der Waals surface area contributed by atoms with Gasteiger partial charge in [0.1, 0.15) is 5.82 Å². The Morgan fingerprint density at radius 1 is 1.50 bits per heavy atom. The molecule has 0 saturated carbocycles. The zero-order chi connectivity index (χ0) is 14.2. The van der Waals surface area contributed by atoms with Gasteiger partial charge >= 0.3 is 6.03 Å². The molecular formula is C14H22N4O2. The van der Waals surface area contributed by atoms with Crippen molar-refractivity contribution in [1.29, 1.82) is 0 Å². The van der Waals surface area contributed by atoms with Crippen molar-refractivity contribution in [3.05, 3.63) is 24.4 Å². The first-order chi connectivity index (χ1) is 9.75. The van der Waals surface area contributed by atoms with Crippen LogP contribution in [-0.2, 0) is 4.74 Å². The third kappa shape index (κ3) is 4.70. The molecule has 0 bridgehead atoms. The molecule has 0 spiro atoms. The van der Waals surface area contributed by atoms with E-state index in [1.165, 1.54) is 0 Å². The molecular weight excluding hydrogens is 256 g/mol. The van der Waals surface area contributed by atoms with Gasteiger partial charge in [0, 0.05) is 25.9 Å². The van der Waals surface area contributed by atoms with Crippen molar-refractivity contribution in [3.8, 4) is 0 Å². The Morgan fingerprint density at radius 2 is 2.40 bits per heavy atom. The van der Waals surface area contributed by atoms with Gasteiger partial charge in [-0.3, -0.25) is 0 Å². The quantitative estimate of drug-likeness (QED) is 0.687. The Morgan fingerprint density at radius 3 is 3.10 bits per heavy atom. The lowest BCUT2D eigenvalue weighted by atomic mass is 10.1. The highest BCUT2D eigenvalue weighted by molar-refractivity contribution is 5.74. The molecule has 0 radical (unpaired) electrons. The van der Waals surface area contributed by atoms with Crippen molar-refractivity contribution in [2.24, 2.45) is 0 Å². The van der Waals surface area contributed by atoms with Crippen LogP contribution in [0.4, 0.5) is 10.6 Å². The molecule has 1 saturated heterocycles. The average molecular weight is 278 g/mol. The first-order valence-corrected chi connectivity index (χ1v) is 7.06. The van der Waals surface area contributed by atoms with Crippen molar-refractivity contribution in [2.75, 3.05) is 25.0 Å². The van der Waals surface area contributed by atoms with Crippen LogP contribution >= 0.6 is 0 Å². The maximum absolute atomic E-state index is 11.7. The number of aromatic nitrogens is 1. The van der Waals surface area contributed by atoms with Crippen LogP contribution in [0.3, 0.4) is 0 Å². The lowest BCUT2D eigenvalue weighted by Crippen LogP contribution is -2.46. The molecule has 1 aliphatic rings. The van der Waals surface area contributed by atoms with E-state index in [1.54, 1.807) is 6.20 Å². The number of pyridine rings is 1. The molecule has 2 rings (SSSR count). The smallest absolute Gasteiger partial charge is 0.315 e. The van der Waals surface area contributed by atoms with Crippen LogP contribution in [0.1, 0.15) is 19.8 Å². The molecule has 2 amide bonds. The monoisotopic (exact) mass is 278 g/mol. The third-order valence-electron chi connectivity index (χ3n) is 3.26. The second-order valence-electron chi connectivity index (χ2n) is 4.88. The molecule has 20 heavy (non-hydrogen) atoms. The number of hydrogen-bond donors (Lipinski definition) is 3. The molecule has 0 aromatic carbocycles. The zero-order valence-corrected chi connectivity index (χ0v) is 11.8. The van der Waals surface area contributed by atoms with Gasteiger partial charge in [0.25, 0.3) is 0 Å². The number of urea groups is 1. The molecule has 1 fully saturated rings. The summed E-state index contributed by atoms with van der Waals surface area (Å²) >= 11 is 0. The van der Waals surface area contributed by atoms with Crippen molar-refractivity contribution in [3.63, 3.8) is 0 Å². The van der Waals surface area contributed by atoms with Crippen LogP contribution in [0.2, 0.25) is 0 Å². The van der Waals surface area contributed by atoms with Crippen LogP contribution in [0.15, 0.2) is 24.4 Å². The fourth-order valence-electron chi connectivity index (χ4n) is 2.18. The van der Waals surface area contributed by atoms with E-state index < -0.39 is 0 Å². The highest BCUT2D eigenvalue weighted by Gasteiger charge is 2.23. The standard InChI is InChI=1S/C14H22N4O2/c1-11(12-5-4-10-20-12)18-14(19)17-9-8-16-13-6-2-3-7-15-13/h2-3,6-7,11-12H,4-5,8-10H2,1H3,(H,15,16)(H2,17,18,19)/t11-,12-/m1/s1. The van der Waals surface area contributed by atoms with Gasteiger partial charge in [-0.15, -0.1) is 0 Å². The van der Waals surface area contributed by atoms with E-state index in [0.717, 1.165) is 25.3 Å². The number of hydrogen-bond acceptors (Lipinski definition) is 4. The number of ether oxygens (including phenoxy) is 1. The maximum atomic E-state index is 11.7. The molecule has 1 aromatic rings. The van der Waals surface area contributed by atoms with E-state index in [4.69, 9.17) is 4.74 Å². The molecule has 2 heterocycles. The van der Waals surface area contributed by atoms with Gasteiger partial charge in [0.2, 0.25) is 0 Å². The summed E-state index contributed by atoms with van der Waals surface area (Å²) < 4.78 is 5.54. The Balaban J connectivity index is 1.58. The summed E-state index contributed by atoms with van der Waals surface area (Å²) in [7, 11) is 0. The highest BCUT2D eigenvalue weighted by Crippen LogP contribution is 2.15. The van der Waals surface area contributed by atoms with Crippen LogP contribution < -0.4 is 16.0 Å². The normalized spacial score (nSPS) is 19.4. The van der Waals surface area contributed by atoms with E-state index in [-0.39, 0.29) is 18.2 Å². The van der Waals surface area contributed by atoms with Gasteiger partial charge in [0.05, 0.1) is 12.1 Å². The van der Waals surface area contributed by atoms with E-state index in [9.17, 15) is 4.79 Å². The minimum absolute atomic E-state index is 0.0428. The number of carbonyl (C=O) groups is 1. The number of nitrogens with zero attached hydrogens (tertiary/aromatic N) is 1. The summed E-state index contributed by atoms with van der Waals surface area (Å²) in [6.45, 7) is 3.95. The zero-order valence-electron chi connectivity index (χ0n) is 11.8. The maximum Gasteiger partial charge on any atom is 0.315 e. The van der Waals surface area contributed by atoms with E-state index in [2.05, 4.69) is 20.9 Å². The van der Waals surface area contributed by atoms with Crippen molar-refractivity contribution in [2.45, 2.75) is 31.9 Å². The topological polar surface area (TPSA) is 75.3 Å². The van der Waals surface area contributed by atoms with Crippen molar-refractivity contribution < 1.29 is 9.53 Å². The summed E-state index contributed by atoms with van der Waals surface area (Å²) in [5, 5.41) is 8.84. The van der Waals surface area contributed by atoms with E-state index in [1.807, 2.05) is 25.1 Å². The molecule has 110 valence electrons. The molecule has 0 unspecified atom stereocenters. The lowest BCUT2D eigenvalue weighted by molar-refractivity contribution is 0.0860. The second kappa shape index (κ2) is 7.69. The van der Waals surface area contributed by atoms with Crippen LogP contribution in [0.25, 0.3) is 0 Å². The molecule has 6 nitrogen and oxygen atoms in total. The molecule has 0 aliphatic carbocycles. The summed E-state index contributed by atoms with van der Waals surface area (Å²) in [6.07, 6.45) is 3.97. The lowest BCUT2D eigenvalue weighted by Gasteiger charge is -2.20. The fraction of sp³-hybridized carbons (Fsp3) is 0.571. The van der Waals surface area contributed by atoms with Crippen LogP contribution in [-0.4, -0.2) is 42.9 Å². The van der Waals surface area contributed by atoms with E-state index in [0.29, 0.717) is 13.1 Å². The number of carbonyl (C=O) groups excluding carboxylic acids is 1. The minimum atomic E-state index is -0.157. The number of nitrogens with one attached hydrogen (secondary N) is 3. The number of anilines is 1. The third-order valence-corrected chi connectivity index (χ3v) is 3.26. The second-order valence-corrected chi connectivity index (χ2v) is 4.88. The summed E-state index contributed by atoms with van der Waals surface area (Å²) in [4.78, 5) is 15.8. The molecule has 1 aliphatic heterocycles. The summed E-state index contributed by atoms with van der Waals surface area (Å²) in [5.74, 6) is 0.808. The Bertz CT molecular complexity index is 407. The number of rotatable bonds is 6. The Hall–Kier alpha value is -1.82. The summed E-state index contributed by atoms with van der Waals surface area (Å²) in [5.41, 5.74) is 0. The highest BCUT2D eigenvalue weighted by atomic mass is 16.5. The van der Waals surface area contributed by atoms with Crippen molar-refractivity contribution >= 4 is 11.8 Å².